The van der Waals surface area contributed by atoms with Crippen molar-refractivity contribution in [3.8, 4) is 0 Å². The summed E-state index contributed by atoms with van der Waals surface area (Å²) in [6, 6.07) is -0.234. The maximum atomic E-state index is 10.6. The first-order valence-corrected chi connectivity index (χ1v) is 5.85. The Kier molecular flexibility index (Phi) is 2.75. The monoisotopic (exact) mass is 197 g/mol. The Morgan fingerprint density at radius 2 is 1.57 bits per heavy atom. The SMILES string of the molecule is O=[N+]([O-])C1CCC2(CCCCC2)CC1. The molecule has 0 aromatic carbocycles. The molecule has 2 rings (SSSR count). The van der Waals surface area contributed by atoms with Crippen LogP contribution in [0.5, 0.6) is 0 Å². The standard InChI is InChI=1S/C11H19NO2/c13-12(14)10-4-8-11(9-5-10)6-2-1-3-7-11/h10H,1-9H2. The fourth-order valence-electron chi connectivity index (χ4n) is 3.23. The fourth-order valence-corrected chi connectivity index (χ4v) is 3.23. The van der Waals surface area contributed by atoms with Gasteiger partial charge in [0.25, 0.3) is 0 Å². The Hall–Kier alpha value is -0.600. The lowest BCUT2D eigenvalue weighted by molar-refractivity contribution is -0.528. The molecule has 0 amide bonds. The van der Waals surface area contributed by atoms with Crippen molar-refractivity contribution in [3.63, 3.8) is 0 Å². The largest absolute Gasteiger partial charge is 0.264 e. The Labute approximate surface area is 85.0 Å². The lowest BCUT2D eigenvalue weighted by Crippen LogP contribution is -2.34. The Morgan fingerprint density at radius 1 is 1.00 bits per heavy atom. The molecule has 2 saturated carbocycles. The topological polar surface area (TPSA) is 43.1 Å². The van der Waals surface area contributed by atoms with Crippen LogP contribution in [0.4, 0.5) is 0 Å². The van der Waals surface area contributed by atoms with Crippen molar-refractivity contribution in [3.05, 3.63) is 10.1 Å². The Bertz CT molecular complexity index is 211. The van der Waals surface area contributed by atoms with Crippen molar-refractivity contribution in [1.29, 1.82) is 0 Å². The van der Waals surface area contributed by atoms with Gasteiger partial charge >= 0.3 is 0 Å². The molecular weight excluding hydrogens is 178 g/mol. The third-order valence-corrected chi connectivity index (χ3v) is 4.23. The molecule has 0 bridgehead atoms. The first kappa shape index (κ1) is 9.94. The van der Waals surface area contributed by atoms with Gasteiger partial charge < -0.3 is 0 Å². The van der Waals surface area contributed by atoms with Gasteiger partial charge in [-0.05, 0) is 31.1 Å². The van der Waals surface area contributed by atoms with Gasteiger partial charge in [-0.1, -0.05) is 19.3 Å². The molecule has 2 aliphatic rings. The second-order valence-electron chi connectivity index (χ2n) is 5.08. The quantitative estimate of drug-likeness (QED) is 0.478. The molecule has 80 valence electrons. The molecule has 2 fully saturated rings. The second kappa shape index (κ2) is 3.87. The van der Waals surface area contributed by atoms with Crippen LogP contribution in [0.2, 0.25) is 0 Å². The molecule has 14 heavy (non-hydrogen) atoms. The molecule has 0 aromatic heterocycles. The van der Waals surface area contributed by atoms with Crippen LogP contribution in [0.15, 0.2) is 0 Å². The van der Waals surface area contributed by atoms with Crippen LogP contribution in [0.3, 0.4) is 0 Å². The molecule has 1 spiro atoms. The zero-order chi connectivity index (χ0) is 10.0. The van der Waals surface area contributed by atoms with Crippen molar-refractivity contribution in [2.75, 3.05) is 0 Å². The van der Waals surface area contributed by atoms with Crippen LogP contribution in [0, 0.1) is 15.5 Å². The molecule has 0 aromatic rings. The average Bonchev–Trinajstić information content (AvgIpc) is 2.19. The Balaban J connectivity index is 1.90. The second-order valence-corrected chi connectivity index (χ2v) is 5.08. The van der Waals surface area contributed by atoms with Gasteiger partial charge in [0, 0.05) is 17.8 Å². The van der Waals surface area contributed by atoms with E-state index in [4.69, 9.17) is 0 Å². The van der Waals surface area contributed by atoms with Gasteiger partial charge in [0.05, 0.1) is 0 Å². The highest BCUT2D eigenvalue weighted by Gasteiger charge is 2.39. The molecule has 3 nitrogen and oxygen atoms in total. The van der Waals surface area contributed by atoms with Crippen molar-refractivity contribution in [1.82, 2.24) is 0 Å². The average molecular weight is 197 g/mol. The normalized spacial score (nSPS) is 27.7. The van der Waals surface area contributed by atoms with Crippen LogP contribution >= 0.6 is 0 Å². The molecule has 0 N–H and O–H groups in total. The predicted molar refractivity (Wildman–Crippen MR) is 54.8 cm³/mol. The van der Waals surface area contributed by atoms with Gasteiger partial charge in [0.1, 0.15) is 0 Å². The maximum absolute atomic E-state index is 10.6. The number of hydrogen-bond donors (Lipinski definition) is 0. The van der Waals surface area contributed by atoms with Crippen molar-refractivity contribution in [2.45, 2.75) is 63.8 Å². The zero-order valence-electron chi connectivity index (χ0n) is 8.71. The highest BCUT2D eigenvalue weighted by Crippen LogP contribution is 2.47. The van der Waals surface area contributed by atoms with Gasteiger partial charge in [0.15, 0.2) is 0 Å². The van der Waals surface area contributed by atoms with E-state index >= 15 is 0 Å². The van der Waals surface area contributed by atoms with Gasteiger partial charge in [-0.3, -0.25) is 10.1 Å². The predicted octanol–water partition coefficient (Wildman–Crippen LogP) is 3.16. The summed E-state index contributed by atoms with van der Waals surface area (Å²) in [7, 11) is 0. The minimum Gasteiger partial charge on any atom is -0.264 e. The molecule has 0 aliphatic heterocycles. The van der Waals surface area contributed by atoms with Crippen molar-refractivity contribution >= 4 is 0 Å². The third kappa shape index (κ3) is 1.91. The highest BCUT2D eigenvalue weighted by molar-refractivity contribution is 4.87. The van der Waals surface area contributed by atoms with E-state index < -0.39 is 0 Å². The minimum absolute atomic E-state index is 0.0737. The lowest BCUT2D eigenvalue weighted by atomic mass is 9.64. The molecule has 2 aliphatic carbocycles. The van der Waals surface area contributed by atoms with Crippen LogP contribution in [0.25, 0.3) is 0 Å². The van der Waals surface area contributed by atoms with E-state index in [1.807, 2.05) is 0 Å². The lowest BCUT2D eigenvalue weighted by Gasteiger charge is -2.40. The number of rotatable bonds is 1. The van der Waals surface area contributed by atoms with Crippen molar-refractivity contribution < 1.29 is 4.92 Å². The van der Waals surface area contributed by atoms with Crippen molar-refractivity contribution in [2.24, 2.45) is 5.41 Å². The van der Waals surface area contributed by atoms with E-state index in [9.17, 15) is 10.1 Å². The molecule has 0 unspecified atom stereocenters. The van der Waals surface area contributed by atoms with E-state index in [1.54, 1.807) is 0 Å². The fraction of sp³-hybridized carbons (Fsp3) is 1.00. The van der Waals surface area contributed by atoms with Crippen LogP contribution in [0.1, 0.15) is 57.8 Å². The summed E-state index contributed by atoms with van der Waals surface area (Å²) < 4.78 is 0. The highest BCUT2D eigenvalue weighted by atomic mass is 16.6. The number of nitro groups is 1. The molecule has 0 atom stereocenters. The summed E-state index contributed by atoms with van der Waals surface area (Å²) in [5.74, 6) is 0. The van der Waals surface area contributed by atoms with Gasteiger partial charge in [-0.15, -0.1) is 0 Å². The minimum atomic E-state index is -0.234. The van der Waals surface area contributed by atoms with E-state index in [1.165, 1.54) is 32.1 Å². The summed E-state index contributed by atoms with van der Waals surface area (Å²) in [6.45, 7) is 0. The van der Waals surface area contributed by atoms with Crippen LogP contribution in [-0.4, -0.2) is 11.0 Å². The molecule has 0 saturated heterocycles. The molecular formula is C11H19NO2. The summed E-state index contributed by atoms with van der Waals surface area (Å²) in [6.07, 6.45) is 10.6. The molecule has 0 heterocycles. The molecule has 3 heteroatoms. The third-order valence-electron chi connectivity index (χ3n) is 4.23. The van der Waals surface area contributed by atoms with Gasteiger partial charge in [-0.2, -0.15) is 0 Å². The zero-order valence-corrected chi connectivity index (χ0v) is 8.71. The van der Waals surface area contributed by atoms with Gasteiger partial charge in [0.2, 0.25) is 6.04 Å². The number of hydrogen-bond acceptors (Lipinski definition) is 2. The first-order valence-electron chi connectivity index (χ1n) is 5.85. The van der Waals surface area contributed by atoms with Crippen LogP contribution in [-0.2, 0) is 0 Å². The summed E-state index contributed by atoms with van der Waals surface area (Å²) >= 11 is 0. The summed E-state index contributed by atoms with van der Waals surface area (Å²) in [5.41, 5.74) is 0.519. The van der Waals surface area contributed by atoms with E-state index in [0.717, 1.165) is 25.7 Å². The smallest absolute Gasteiger partial charge is 0.213 e. The summed E-state index contributed by atoms with van der Waals surface area (Å²) in [5, 5.41) is 10.6. The van der Waals surface area contributed by atoms with Gasteiger partial charge in [-0.25, -0.2) is 0 Å². The van der Waals surface area contributed by atoms with E-state index in [2.05, 4.69) is 0 Å². The first-order chi connectivity index (χ1) is 6.72. The summed E-state index contributed by atoms with van der Waals surface area (Å²) in [4.78, 5) is 10.6. The van der Waals surface area contributed by atoms with E-state index in [0.29, 0.717) is 5.41 Å². The number of nitrogens with zero attached hydrogens (tertiary/aromatic N) is 1. The maximum Gasteiger partial charge on any atom is 0.213 e. The Morgan fingerprint density at radius 3 is 2.07 bits per heavy atom. The molecule has 0 radical (unpaired) electrons. The van der Waals surface area contributed by atoms with Crippen LogP contribution < -0.4 is 0 Å². The van der Waals surface area contributed by atoms with E-state index in [-0.39, 0.29) is 11.0 Å².